The fraction of sp³-hybridized carbons (Fsp3) is 0.581. The highest BCUT2D eigenvalue weighted by atomic mass is 35.5. The third-order valence-electron chi connectivity index (χ3n) is 11.8. The van der Waals surface area contributed by atoms with Crippen molar-refractivity contribution in [1.82, 2.24) is 25.5 Å². The van der Waals surface area contributed by atoms with E-state index in [4.69, 9.17) is 44.7 Å². The van der Waals surface area contributed by atoms with Crippen molar-refractivity contribution in [3.8, 4) is 22.9 Å². The van der Waals surface area contributed by atoms with Gasteiger partial charge in [-0.3, -0.25) is 9.59 Å². The van der Waals surface area contributed by atoms with Crippen molar-refractivity contribution in [2.24, 2.45) is 23.2 Å². The van der Waals surface area contributed by atoms with Crippen LogP contribution in [0.1, 0.15) is 66.7 Å². The number of aromatic nitrogens is 2. The van der Waals surface area contributed by atoms with Crippen LogP contribution in [-0.2, 0) is 28.6 Å². The van der Waals surface area contributed by atoms with Gasteiger partial charge in [0.25, 0.3) is 6.01 Å². The number of carbonyl (C=O) groups is 4. The molecule has 16 nitrogen and oxygen atoms in total. The van der Waals surface area contributed by atoms with E-state index in [0.29, 0.717) is 64.7 Å². The van der Waals surface area contributed by atoms with Crippen molar-refractivity contribution in [3.05, 3.63) is 42.1 Å². The maximum atomic E-state index is 14.8. The Bertz CT molecular complexity index is 2130. The lowest BCUT2D eigenvalue weighted by Crippen LogP contribution is -2.59. The van der Waals surface area contributed by atoms with E-state index in [-0.39, 0.29) is 42.7 Å². The maximum absolute atomic E-state index is 14.8. The molecule has 3 aromatic rings. The number of alkyl carbamates (subject to hydrolysis) is 1. The number of rotatable bonds is 16. The molecule has 3 heterocycles. The van der Waals surface area contributed by atoms with Crippen LogP contribution in [0, 0.1) is 23.2 Å². The molecule has 60 heavy (non-hydrogen) atoms. The molecule has 1 saturated heterocycles. The van der Waals surface area contributed by atoms with E-state index in [1.165, 1.54) is 24.7 Å². The number of nitrogens with one attached hydrogen (secondary N) is 3. The fourth-order valence-electron chi connectivity index (χ4n) is 8.40. The van der Waals surface area contributed by atoms with Crippen molar-refractivity contribution >= 4 is 52.4 Å². The van der Waals surface area contributed by atoms with Gasteiger partial charge >= 0.3 is 12.1 Å². The van der Waals surface area contributed by atoms with E-state index in [1.54, 1.807) is 31.4 Å². The number of amides is 3. The van der Waals surface area contributed by atoms with Crippen LogP contribution in [0.2, 0.25) is 5.02 Å². The van der Waals surface area contributed by atoms with Crippen molar-refractivity contribution in [1.29, 1.82) is 0 Å². The predicted molar refractivity (Wildman–Crippen MR) is 222 cm³/mol. The Morgan fingerprint density at radius 1 is 1.03 bits per heavy atom. The minimum absolute atomic E-state index is 0.0389. The largest absolute Gasteiger partial charge is 0.490 e. The first-order chi connectivity index (χ1) is 28.5. The number of oxazole rings is 1. The molecular weight excluding hydrogens is 796 g/mol. The summed E-state index contributed by atoms with van der Waals surface area (Å²) >= 11 is 6.95. The van der Waals surface area contributed by atoms with Crippen LogP contribution in [-0.4, -0.2) is 109 Å². The number of hydrogen-bond donors (Lipinski definition) is 3. The standard InChI is InChI=1S/C43H55ClN6O10/c1-9-25-19-43(25,39(53)56-8)49-37(51)31-17-27(20-50(31)38(52)36(42(4,5)6)48-41(54)60-26-15-23-14-24(23)16-26)59-33-18-29(30-21-58-40(47-30)45-22(2)3)46-35-28(33)10-11-32(34(35)44)57-13-12-55-7/h9-11,18,21-27,31,36H,1,12-17,19-20H2,2-8H3,(H,45,47)(H,48,54)(H,49,51)/t23-,24+,25-,26+,27+,31+,36-,43-/m1/s1. The van der Waals surface area contributed by atoms with Gasteiger partial charge < -0.3 is 49.0 Å². The second-order valence-corrected chi connectivity index (χ2v) is 18.0. The molecular formula is C43H55ClN6O10. The Balaban J connectivity index is 1.21. The molecule has 0 unspecified atom stereocenters. The zero-order chi connectivity index (χ0) is 43.1. The Morgan fingerprint density at radius 2 is 1.78 bits per heavy atom. The molecule has 4 fully saturated rings. The highest BCUT2D eigenvalue weighted by molar-refractivity contribution is 6.36. The Labute approximate surface area is 354 Å². The summed E-state index contributed by atoms with van der Waals surface area (Å²) in [6.45, 7) is 13.8. The van der Waals surface area contributed by atoms with Crippen molar-refractivity contribution in [2.75, 3.05) is 39.3 Å². The normalized spacial score (nSPS) is 25.9. The number of likely N-dealkylation sites (tertiary alicyclic amines) is 1. The van der Waals surface area contributed by atoms with Crippen molar-refractivity contribution in [3.63, 3.8) is 0 Å². The topological polar surface area (TPSA) is 193 Å². The molecule has 0 spiro atoms. The SMILES string of the molecule is C=C[C@@H]1C[C@]1(NC(=O)[C@@H]1C[C@H](Oc2cc(-c3coc(NC(C)C)n3)nc3c(Cl)c(OCCOC)ccc23)CN1C(=O)[C@@H](NC(=O)O[C@@H]1C[C@@H]2C[C@@H]2C1)C(C)(C)C)C(=O)OC. The van der Waals surface area contributed by atoms with Crippen LogP contribution in [0.5, 0.6) is 11.5 Å². The van der Waals surface area contributed by atoms with Gasteiger partial charge in [-0.15, -0.1) is 6.58 Å². The molecule has 324 valence electrons. The fourth-order valence-corrected chi connectivity index (χ4v) is 8.67. The summed E-state index contributed by atoms with van der Waals surface area (Å²) in [5.74, 6) is -0.104. The predicted octanol–water partition coefficient (Wildman–Crippen LogP) is 5.91. The molecule has 7 rings (SSSR count). The van der Waals surface area contributed by atoms with E-state index in [9.17, 15) is 19.2 Å². The average Bonchev–Trinajstić information content (AvgIpc) is 3.86. The molecule has 2 aromatic heterocycles. The lowest BCUT2D eigenvalue weighted by atomic mass is 9.85. The van der Waals surface area contributed by atoms with E-state index in [1.807, 2.05) is 34.6 Å². The number of hydrogen-bond acceptors (Lipinski definition) is 13. The van der Waals surface area contributed by atoms with Gasteiger partial charge in [-0.2, -0.15) is 4.98 Å². The summed E-state index contributed by atoms with van der Waals surface area (Å²) in [5, 5.41) is 9.64. The summed E-state index contributed by atoms with van der Waals surface area (Å²) in [5.41, 5.74) is -0.955. The van der Waals surface area contributed by atoms with Crippen molar-refractivity contribution < 1.29 is 47.3 Å². The molecule has 3 N–H and O–H groups in total. The van der Waals surface area contributed by atoms with Crippen molar-refractivity contribution in [2.45, 2.75) is 103 Å². The minimum atomic E-state index is -1.31. The Kier molecular flexibility index (Phi) is 12.3. The lowest BCUT2D eigenvalue weighted by Gasteiger charge is -2.35. The number of pyridine rings is 1. The molecule has 4 aliphatic rings. The number of benzene rings is 1. The van der Waals surface area contributed by atoms with E-state index < -0.39 is 53.0 Å². The monoisotopic (exact) mass is 850 g/mol. The summed E-state index contributed by atoms with van der Waals surface area (Å²) in [4.78, 5) is 66.4. The van der Waals surface area contributed by atoms with Crippen LogP contribution in [0.15, 0.2) is 41.5 Å². The second kappa shape index (κ2) is 17.1. The summed E-state index contributed by atoms with van der Waals surface area (Å²) in [7, 11) is 2.83. The van der Waals surface area contributed by atoms with Gasteiger partial charge in [-0.25, -0.2) is 14.6 Å². The molecule has 3 saturated carbocycles. The third-order valence-corrected chi connectivity index (χ3v) is 12.1. The number of methoxy groups -OCH3 is 2. The summed E-state index contributed by atoms with van der Waals surface area (Å²) < 4.78 is 34.3. The molecule has 8 atom stereocenters. The Morgan fingerprint density at radius 3 is 2.43 bits per heavy atom. The van der Waals surface area contributed by atoms with Gasteiger partial charge in [-0.1, -0.05) is 38.4 Å². The number of fused-ring (bicyclic) bond motifs is 2. The lowest BCUT2D eigenvalue weighted by molar-refractivity contribution is -0.148. The van der Waals surface area contributed by atoms with Crippen LogP contribution in [0.4, 0.5) is 10.8 Å². The number of carbonyl (C=O) groups excluding carboxylic acids is 4. The molecule has 1 aromatic carbocycles. The van der Waals surface area contributed by atoms with E-state index >= 15 is 0 Å². The minimum Gasteiger partial charge on any atom is -0.490 e. The maximum Gasteiger partial charge on any atom is 0.408 e. The smallest absolute Gasteiger partial charge is 0.408 e. The van der Waals surface area contributed by atoms with E-state index in [2.05, 4.69) is 27.5 Å². The van der Waals surface area contributed by atoms with Gasteiger partial charge in [0, 0.05) is 36.9 Å². The highest BCUT2D eigenvalue weighted by Gasteiger charge is 2.62. The highest BCUT2D eigenvalue weighted by Crippen LogP contribution is 2.52. The van der Waals surface area contributed by atoms with Crippen LogP contribution >= 0.6 is 11.6 Å². The first kappa shape index (κ1) is 43.0. The summed E-state index contributed by atoms with van der Waals surface area (Å²) in [6.07, 6.45) is 4.58. The van der Waals surface area contributed by atoms with Gasteiger partial charge in [0.1, 0.15) is 64.9 Å². The number of anilines is 1. The molecule has 3 amide bonds. The first-order valence-electron chi connectivity index (χ1n) is 20.5. The average molecular weight is 851 g/mol. The molecule has 0 radical (unpaired) electrons. The quantitative estimate of drug-likeness (QED) is 0.0876. The van der Waals surface area contributed by atoms with Gasteiger partial charge in [0.15, 0.2) is 0 Å². The molecule has 0 bridgehead atoms. The number of nitrogens with zero attached hydrogens (tertiary/aromatic N) is 3. The second-order valence-electron chi connectivity index (χ2n) is 17.6. The zero-order valence-corrected chi connectivity index (χ0v) is 35.9. The third kappa shape index (κ3) is 8.99. The van der Waals surface area contributed by atoms with Gasteiger partial charge in [-0.05, 0) is 68.9 Å². The van der Waals surface area contributed by atoms with Crippen LogP contribution < -0.4 is 25.4 Å². The van der Waals surface area contributed by atoms with E-state index in [0.717, 1.165) is 12.8 Å². The van der Waals surface area contributed by atoms with Crippen LogP contribution in [0.25, 0.3) is 22.3 Å². The number of ether oxygens (including phenoxy) is 5. The molecule has 1 aliphatic heterocycles. The molecule has 17 heteroatoms. The first-order valence-corrected chi connectivity index (χ1v) is 20.9. The summed E-state index contributed by atoms with van der Waals surface area (Å²) in [6, 6.07) is 3.37. The zero-order valence-electron chi connectivity index (χ0n) is 35.2. The number of esters is 1. The number of halogens is 1. The van der Waals surface area contributed by atoms with Gasteiger partial charge in [0.2, 0.25) is 11.8 Å². The Hall–Kier alpha value is -5.09. The van der Waals surface area contributed by atoms with Crippen LogP contribution in [0.3, 0.4) is 0 Å². The molecule has 3 aliphatic carbocycles. The van der Waals surface area contributed by atoms with Gasteiger partial charge in [0.05, 0.1) is 31.5 Å².